The van der Waals surface area contributed by atoms with E-state index in [1.165, 1.54) is 7.11 Å². The van der Waals surface area contributed by atoms with E-state index >= 15 is 4.39 Å². The molecule has 4 fully saturated rings. The molecule has 268 valence electrons. The molecule has 3 atom stereocenters. The van der Waals surface area contributed by atoms with Crippen LogP contribution in [0.2, 0.25) is 5.02 Å². The topological polar surface area (TPSA) is 131 Å². The number of piperidine rings is 1. The smallest absolute Gasteiger partial charge is 0.319 e. The van der Waals surface area contributed by atoms with Crippen molar-refractivity contribution in [1.29, 1.82) is 0 Å². The van der Waals surface area contributed by atoms with Crippen LogP contribution in [0.1, 0.15) is 51.5 Å². The second kappa shape index (κ2) is 12.7. The molecule has 0 spiro atoms. The van der Waals surface area contributed by atoms with E-state index in [4.69, 9.17) is 45.5 Å². The molecular weight excluding hydrogens is 665 g/mol. The summed E-state index contributed by atoms with van der Waals surface area (Å²) < 4.78 is 40.9. The molecule has 3 saturated heterocycles. The molecule has 0 bridgehead atoms. The standard InChI is InChI=1S/C36H45ClFN7O5/c1-21-13-23-22(14-39-43-23)25(27(21)37)29-28(38)30-26(32(40-29)47-4)31(45-11-12-48-19-35(3,46)16-45)42-33(41-30)50-20-36-8-5-7-24(36)44(10-6-9-36)15-34(2)17-49-18-34/h13-14,24,46H,5-12,15-20H2,1-4H3,(H,39,43)/t24?,35-,36+/m0/s1. The van der Waals surface area contributed by atoms with Gasteiger partial charge < -0.3 is 29.0 Å². The lowest BCUT2D eigenvalue weighted by Crippen LogP contribution is -2.57. The van der Waals surface area contributed by atoms with Crippen LogP contribution in [0.4, 0.5) is 10.2 Å². The second-order valence-electron chi connectivity index (χ2n) is 15.5. The third-order valence-corrected chi connectivity index (χ3v) is 11.6. The van der Waals surface area contributed by atoms with Crippen LogP contribution in [-0.4, -0.2) is 113 Å². The molecule has 50 heavy (non-hydrogen) atoms. The van der Waals surface area contributed by atoms with Gasteiger partial charge in [0, 0.05) is 40.9 Å². The Morgan fingerprint density at radius 3 is 2.72 bits per heavy atom. The number of aliphatic hydroxyl groups is 1. The Morgan fingerprint density at radius 1 is 1.12 bits per heavy atom. The summed E-state index contributed by atoms with van der Waals surface area (Å²) >= 11 is 6.86. The highest BCUT2D eigenvalue weighted by Gasteiger charge is 2.50. The first-order chi connectivity index (χ1) is 24.0. The van der Waals surface area contributed by atoms with Gasteiger partial charge in [-0.2, -0.15) is 15.1 Å². The van der Waals surface area contributed by atoms with Gasteiger partial charge in [0.25, 0.3) is 0 Å². The van der Waals surface area contributed by atoms with E-state index in [9.17, 15) is 5.11 Å². The molecule has 3 aliphatic heterocycles. The summed E-state index contributed by atoms with van der Waals surface area (Å²) in [5, 5.41) is 19.5. The number of H-pyrrole nitrogens is 1. The fourth-order valence-electron chi connectivity index (χ4n) is 8.77. The maximum atomic E-state index is 17.2. The number of halogens is 2. The average molecular weight is 710 g/mol. The van der Waals surface area contributed by atoms with Crippen LogP contribution in [0.3, 0.4) is 0 Å². The van der Waals surface area contributed by atoms with Crippen LogP contribution >= 0.6 is 11.6 Å². The predicted octanol–water partition coefficient (Wildman–Crippen LogP) is 5.32. The molecular formula is C36H45ClFN7O5. The molecule has 1 aliphatic carbocycles. The number of aromatic amines is 1. The van der Waals surface area contributed by atoms with E-state index in [1.54, 1.807) is 13.1 Å². The molecule has 0 radical (unpaired) electrons. The summed E-state index contributed by atoms with van der Waals surface area (Å²) in [5.74, 6) is -0.195. The van der Waals surface area contributed by atoms with Crippen LogP contribution in [0, 0.1) is 23.6 Å². The maximum absolute atomic E-state index is 17.2. The highest BCUT2D eigenvalue weighted by Crippen LogP contribution is 2.49. The number of benzene rings is 1. The van der Waals surface area contributed by atoms with Gasteiger partial charge in [0.2, 0.25) is 5.88 Å². The lowest BCUT2D eigenvalue weighted by atomic mass is 9.74. The number of rotatable bonds is 8. The number of hydrogen-bond acceptors (Lipinski definition) is 11. The molecule has 14 heteroatoms. The minimum absolute atomic E-state index is 0.00507. The van der Waals surface area contributed by atoms with E-state index in [0.29, 0.717) is 53.1 Å². The molecule has 3 aromatic heterocycles. The van der Waals surface area contributed by atoms with Gasteiger partial charge in [0.1, 0.15) is 28.0 Å². The van der Waals surface area contributed by atoms with Crippen molar-refractivity contribution in [1.82, 2.24) is 30.0 Å². The Labute approximate surface area is 295 Å². The van der Waals surface area contributed by atoms with E-state index in [1.807, 2.05) is 17.9 Å². The number of pyridine rings is 1. The zero-order chi connectivity index (χ0) is 34.8. The highest BCUT2D eigenvalue weighted by atomic mass is 35.5. The Hall–Kier alpha value is -3.36. The summed E-state index contributed by atoms with van der Waals surface area (Å²) in [4.78, 5) is 18.9. The van der Waals surface area contributed by atoms with Crippen molar-refractivity contribution >= 4 is 39.2 Å². The second-order valence-corrected chi connectivity index (χ2v) is 15.8. The Kier molecular flexibility index (Phi) is 8.57. The first-order valence-corrected chi connectivity index (χ1v) is 18.0. The first-order valence-electron chi connectivity index (χ1n) is 17.6. The van der Waals surface area contributed by atoms with E-state index in [2.05, 4.69) is 22.0 Å². The molecule has 2 N–H and O–H groups in total. The molecule has 8 rings (SSSR count). The minimum atomic E-state index is -1.18. The largest absolute Gasteiger partial charge is 0.480 e. The normalized spacial score (nSPS) is 26.9. The predicted molar refractivity (Wildman–Crippen MR) is 188 cm³/mol. The van der Waals surface area contributed by atoms with Crippen molar-refractivity contribution in [3.8, 4) is 23.1 Å². The van der Waals surface area contributed by atoms with Gasteiger partial charge in [-0.3, -0.25) is 10.00 Å². The van der Waals surface area contributed by atoms with Crippen LogP contribution < -0.4 is 14.4 Å². The number of ether oxygens (including phenoxy) is 4. The fraction of sp³-hybridized carbons (Fsp3) is 0.611. The summed E-state index contributed by atoms with van der Waals surface area (Å²) in [6.45, 7) is 11.1. The SMILES string of the molecule is COc1nc(-c2c(Cl)c(C)cc3[nH]ncc23)c(F)c2nc(OC[C@]34CCCC3N(CC3(C)COC3)CCC4)nc(N3CCOC[C@@](C)(O)C3)c12. The van der Waals surface area contributed by atoms with Crippen molar-refractivity contribution in [2.24, 2.45) is 10.8 Å². The average Bonchev–Trinajstić information content (AvgIpc) is 3.68. The van der Waals surface area contributed by atoms with Gasteiger partial charge >= 0.3 is 6.01 Å². The van der Waals surface area contributed by atoms with Crippen molar-refractivity contribution in [3.63, 3.8) is 0 Å². The number of nitrogens with zero attached hydrogens (tertiary/aromatic N) is 6. The van der Waals surface area contributed by atoms with Crippen LogP contribution in [0.5, 0.6) is 11.9 Å². The van der Waals surface area contributed by atoms with E-state index in [-0.39, 0.29) is 52.5 Å². The van der Waals surface area contributed by atoms with Crippen molar-refractivity contribution in [3.05, 3.63) is 28.7 Å². The monoisotopic (exact) mass is 709 g/mol. The first kappa shape index (κ1) is 33.8. The van der Waals surface area contributed by atoms with Crippen molar-refractivity contribution in [2.75, 3.05) is 71.2 Å². The van der Waals surface area contributed by atoms with Gasteiger partial charge in [0.05, 0.1) is 63.4 Å². The summed E-state index contributed by atoms with van der Waals surface area (Å²) in [7, 11) is 1.48. The summed E-state index contributed by atoms with van der Waals surface area (Å²) in [5.41, 5.74) is 0.764. The lowest BCUT2D eigenvalue weighted by molar-refractivity contribution is -0.130. The zero-order valence-electron chi connectivity index (χ0n) is 29.2. The zero-order valence-corrected chi connectivity index (χ0v) is 29.9. The minimum Gasteiger partial charge on any atom is -0.480 e. The number of methoxy groups -OCH3 is 1. The quantitative estimate of drug-likeness (QED) is 0.247. The van der Waals surface area contributed by atoms with Gasteiger partial charge in [-0.15, -0.1) is 0 Å². The molecule has 1 aromatic carbocycles. The summed E-state index contributed by atoms with van der Waals surface area (Å²) in [6.07, 6.45) is 7.05. The molecule has 4 aliphatic rings. The molecule has 1 saturated carbocycles. The van der Waals surface area contributed by atoms with Gasteiger partial charge in [-0.05, 0) is 57.7 Å². The molecule has 0 amide bonds. The molecule has 4 aromatic rings. The summed E-state index contributed by atoms with van der Waals surface area (Å²) in [6, 6.07) is 2.32. The maximum Gasteiger partial charge on any atom is 0.319 e. The third kappa shape index (κ3) is 5.84. The van der Waals surface area contributed by atoms with Gasteiger partial charge in [-0.1, -0.05) is 24.9 Å². The number of aryl methyl sites for hydroxylation is 1. The van der Waals surface area contributed by atoms with Crippen molar-refractivity contribution in [2.45, 2.75) is 64.5 Å². The van der Waals surface area contributed by atoms with Crippen LogP contribution in [-0.2, 0) is 9.47 Å². The number of nitrogens with one attached hydrogen (secondary N) is 1. The highest BCUT2D eigenvalue weighted by molar-refractivity contribution is 6.35. The van der Waals surface area contributed by atoms with E-state index in [0.717, 1.165) is 64.0 Å². The molecule has 12 nitrogen and oxygen atoms in total. The third-order valence-electron chi connectivity index (χ3n) is 11.2. The van der Waals surface area contributed by atoms with Crippen LogP contribution in [0.15, 0.2) is 12.3 Å². The Morgan fingerprint density at radius 2 is 1.94 bits per heavy atom. The van der Waals surface area contributed by atoms with Gasteiger partial charge in [0.15, 0.2) is 5.82 Å². The Balaban J connectivity index is 1.24. The Bertz CT molecular complexity index is 1940. The fourth-order valence-corrected chi connectivity index (χ4v) is 9.01. The molecule has 6 heterocycles. The number of aromatic nitrogens is 5. The number of β-amino-alcohol motifs (C(OH)–C–C–N with tert-alkyl or cyclic N) is 1. The number of anilines is 1. The van der Waals surface area contributed by atoms with E-state index < -0.39 is 11.4 Å². The molecule has 1 unspecified atom stereocenters. The number of fused-ring (bicyclic) bond motifs is 3. The number of likely N-dealkylation sites (tertiary alicyclic amines) is 1. The lowest BCUT2D eigenvalue weighted by Gasteiger charge is -2.50. The van der Waals surface area contributed by atoms with Crippen molar-refractivity contribution < 1.29 is 28.4 Å². The van der Waals surface area contributed by atoms with Crippen LogP contribution in [0.25, 0.3) is 33.1 Å². The van der Waals surface area contributed by atoms with Gasteiger partial charge in [-0.25, -0.2) is 9.37 Å². The number of hydrogen-bond donors (Lipinski definition) is 2.